The second-order valence-electron chi connectivity index (χ2n) is 7.55. The summed E-state index contributed by atoms with van der Waals surface area (Å²) >= 11 is 0. The van der Waals surface area contributed by atoms with Crippen molar-refractivity contribution in [1.82, 2.24) is 9.88 Å². The van der Waals surface area contributed by atoms with Gasteiger partial charge in [-0.15, -0.1) is 0 Å². The Bertz CT molecular complexity index is 852. The number of ether oxygens (including phenoxy) is 2. The maximum absolute atomic E-state index is 12.2. The largest absolute Gasteiger partial charge is 0.465 e. The van der Waals surface area contributed by atoms with Crippen LogP contribution in [0.2, 0.25) is 0 Å². The third kappa shape index (κ3) is 4.48. The first kappa shape index (κ1) is 18.9. The Morgan fingerprint density at radius 3 is 2.41 bits per heavy atom. The molecule has 144 valence electrons. The van der Waals surface area contributed by atoms with Crippen molar-refractivity contribution < 1.29 is 19.1 Å². The summed E-state index contributed by atoms with van der Waals surface area (Å²) in [6.07, 6.45) is 1.26. The molecule has 7 nitrogen and oxygen atoms in total. The number of piperazine rings is 1. The van der Waals surface area contributed by atoms with Crippen molar-refractivity contribution in [3.8, 4) is 0 Å². The lowest BCUT2D eigenvalue weighted by Gasteiger charge is -2.36. The third-order valence-corrected chi connectivity index (χ3v) is 4.39. The first-order valence-electron chi connectivity index (χ1n) is 8.98. The molecule has 0 atom stereocenters. The second kappa shape index (κ2) is 7.42. The zero-order chi connectivity index (χ0) is 19.6. The normalized spacial score (nSPS) is 15.0. The molecule has 2 heterocycles. The predicted molar refractivity (Wildman–Crippen MR) is 103 cm³/mol. The van der Waals surface area contributed by atoms with Crippen molar-refractivity contribution in [3.05, 3.63) is 36.0 Å². The summed E-state index contributed by atoms with van der Waals surface area (Å²) in [5.74, 6) is -0.397. The van der Waals surface area contributed by atoms with Gasteiger partial charge >= 0.3 is 12.1 Å². The van der Waals surface area contributed by atoms with Crippen LogP contribution in [0.25, 0.3) is 10.9 Å². The molecule has 0 unspecified atom stereocenters. The van der Waals surface area contributed by atoms with Crippen molar-refractivity contribution in [2.75, 3.05) is 38.2 Å². The van der Waals surface area contributed by atoms with Crippen LogP contribution in [0.4, 0.5) is 10.5 Å². The number of amides is 1. The van der Waals surface area contributed by atoms with Crippen molar-refractivity contribution >= 4 is 28.7 Å². The average Bonchev–Trinajstić information content (AvgIpc) is 2.65. The van der Waals surface area contributed by atoms with Crippen LogP contribution in [-0.2, 0) is 9.47 Å². The fourth-order valence-corrected chi connectivity index (χ4v) is 3.01. The number of carbonyl (C=O) groups is 2. The van der Waals surface area contributed by atoms with Crippen LogP contribution in [0.3, 0.4) is 0 Å². The molecule has 1 aliphatic heterocycles. The zero-order valence-electron chi connectivity index (χ0n) is 16.2. The molecule has 0 spiro atoms. The van der Waals surface area contributed by atoms with Gasteiger partial charge in [-0.2, -0.15) is 0 Å². The first-order chi connectivity index (χ1) is 12.8. The standard InChI is InChI=1S/C20H25N3O4/c1-20(2,3)27-19(25)23-9-7-22(8-10-23)16-6-5-14-11-15(18(24)26-4)13-21-17(14)12-16/h5-6,11-13H,7-10H2,1-4H3. The fourth-order valence-electron chi connectivity index (χ4n) is 3.01. The van der Waals surface area contributed by atoms with Crippen molar-refractivity contribution in [3.63, 3.8) is 0 Å². The van der Waals surface area contributed by atoms with E-state index >= 15 is 0 Å². The van der Waals surface area contributed by atoms with Crippen LogP contribution in [0.15, 0.2) is 30.5 Å². The molecule has 27 heavy (non-hydrogen) atoms. The number of hydrogen-bond donors (Lipinski definition) is 0. The van der Waals surface area contributed by atoms with Gasteiger partial charge in [0.1, 0.15) is 5.60 Å². The van der Waals surface area contributed by atoms with Crippen LogP contribution in [-0.4, -0.2) is 60.8 Å². The first-order valence-corrected chi connectivity index (χ1v) is 8.98. The molecule has 0 aliphatic carbocycles. The number of esters is 1. The van der Waals surface area contributed by atoms with Gasteiger partial charge in [0.25, 0.3) is 0 Å². The number of nitrogens with zero attached hydrogens (tertiary/aromatic N) is 3. The van der Waals surface area contributed by atoms with Crippen LogP contribution >= 0.6 is 0 Å². The van der Waals surface area contributed by atoms with Crippen molar-refractivity contribution in [2.45, 2.75) is 26.4 Å². The molecule has 1 saturated heterocycles. The highest BCUT2D eigenvalue weighted by Gasteiger charge is 2.26. The summed E-state index contributed by atoms with van der Waals surface area (Å²) in [6, 6.07) is 7.73. The summed E-state index contributed by atoms with van der Waals surface area (Å²) in [4.78, 5) is 32.1. The Morgan fingerprint density at radius 2 is 1.78 bits per heavy atom. The minimum absolute atomic E-state index is 0.266. The van der Waals surface area contributed by atoms with Gasteiger partial charge in [-0.05, 0) is 39.0 Å². The van der Waals surface area contributed by atoms with E-state index in [4.69, 9.17) is 9.47 Å². The van der Waals surface area contributed by atoms with E-state index in [1.807, 2.05) is 39.0 Å². The van der Waals surface area contributed by atoms with E-state index in [1.165, 1.54) is 13.3 Å². The predicted octanol–water partition coefficient (Wildman–Crippen LogP) is 3.08. The average molecular weight is 371 g/mol. The number of anilines is 1. The molecule has 0 saturated carbocycles. The lowest BCUT2D eigenvalue weighted by Crippen LogP contribution is -2.50. The molecule has 1 amide bonds. The van der Waals surface area contributed by atoms with E-state index in [0.717, 1.165) is 29.7 Å². The summed E-state index contributed by atoms with van der Waals surface area (Å²) in [6.45, 7) is 8.29. The molecule has 1 fully saturated rings. The molecule has 7 heteroatoms. The Morgan fingerprint density at radius 1 is 1.07 bits per heavy atom. The van der Waals surface area contributed by atoms with E-state index in [2.05, 4.69) is 9.88 Å². The van der Waals surface area contributed by atoms with Crippen LogP contribution in [0.1, 0.15) is 31.1 Å². The zero-order valence-corrected chi connectivity index (χ0v) is 16.2. The Labute approximate surface area is 158 Å². The topological polar surface area (TPSA) is 72.0 Å². The van der Waals surface area contributed by atoms with E-state index in [-0.39, 0.29) is 6.09 Å². The minimum atomic E-state index is -0.485. The maximum Gasteiger partial charge on any atom is 0.410 e. The molecule has 1 aromatic carbocycles. The highest BCUT2D eigenvalue weighted by atomic mass is 16.6. The molecule has 1 aliphatic rings. The van der Waals surface area contributed by atoms with Gasteiger partial charge in [-0.3, -0.25) is 4.98 Å². The highest BCUT2D eigenvalue weighted by Crippen LogP contribution is 2.23. The van der Waals surface area contributed by atoms with Crippen LogP contribution in [0.5, 0.6) is 0 Å². The number of fused-ring (bicyclic) bond motifs is 1. The van der Waals surface area contributed by atoms with E-state index in [1.54, 1.807) is 11.0 Å². The minimum Gasteiger partial charge on any atom is -0.465 e. The third-order valence-electron chi connectivity index (χ3n) is 4.39. The van der Waals surface area contributed by atoms with Gasteiger partial charge in [0.2, 0.25) is 0 Å². The monoisotopic (exact) mass is 371 g/mol. The number of aromatic nitrogens is 1. The molecular weight excluding hydrogens is 346 g/mol. The van der Waals surface area contributed by atoms with Gasteiger partial charge < -0.3 is 19.3 Å². The molecule has 0 N–H and O–H groups in total. The summed E-state index contributed by atoms with van der Waals surface area (Å²) in [7, 11) is 1.35. The van der Waals surface area contributed by atoms with Gasteiger partial charge in [-0.1, -0.05) is 6.07 Å². The Hall–Kier alpha value is -2.83. The second-order valence-corrected chi connectivity index (χ2v) is 7.55. The van der Waals surface area contributed by atoms with Gasteiger partial charge in [0.05, 0.1) is 18.2 Å². The lowest BCUT2D eigenvalue weighted by molar-refractivity contribution is 0.0240. The number of rotatable bonds is 2. The van der Waals surface area contributed by atoms with E-state index in [0.29, 0.717) is 18.7 Å². The summed E-state index contributed by atoms with van der Waals surface area (Å²) < 4.78 is 10.2. The summed E-state index contributed by atoms with van der Waals surface area (Å²) in [5.41, 5.74) is 1.81. The van der Waals surface area contributed by atoms with Crippen molar-refractivity contribution in [1.29, 1.82) is 0 Å². The Balaban J connectivity index is 1.68. The highest BCUT2D eigenvalue weighted by molar-refractivity contribution is 5.94. The number of hydrogen-bond acceptors (Lipinski definition) is 6. The van der Waals surface area contributed by atoms with Gasteiger partial charge in [-0.25, -0.2) is 9.59 Å². The number of methoxy groups -OCH3 is 1. The van der Waals surface area contributed by atoms with Gasteiger partial charge in [0.15, 0.2) is 0 Å². The molecule has 1 aromatic heterocycles. The van der Waals surface area contributed by atoms with Crippen molar-refractivity contribution in [2.24, 2.45) is 0 Å². The lowest BCUT2D eigenvalue weighted by atomic mass is 10.1. The van der Waals surface area contributed by atoms with Gasteiger partial charge in [0, 0.05) is 43.4 Å². The molecule has 0 radical (unpaired) electrons. The van der Waals surface area contributed by atoms with E-state index < -0.39 is 11.6 Å². The van der Waals surface area contributed by atoms with Crippen LogP contribution < -0.4 is 4.90 Å². The van der Waals surface area contributed by atoms with E-state index in [9.17, 15) is 9.59 Å². The number of carbonyl (C=O) groups excluding carboxylic acids is 2. The summed E-state index contributed by atoms with van der Waals surface area (Å²) in [5, 5.41) is 0.883. The smallest absolute Gasteiger partial charge is 0.410 e. The fraction of sp³-hybridized carbons (Fsp3) is 0.450. The molecule has 3 rings (SSSR count). The molecule has 2 aromatic rings. The number of pyridine rings is 1. The van der Waals surface area contributed by atoms with Crippen LogP contribution in [0, 0.1) is 0 Å². The molecular formula is C20H25N3O4. The Kier molecular flexibility index (Phi) is 5.21. The maximum atomic E-state index is 12.2. The SMILES string of the molecule is COC(=O)c1cnc2cc(N3CCN(C(=O)OC(C)(C)C)CC3)ccc2c1. The quantitative estimate of drug-likeness (QED) is 0.756. The number of benzene rings is 1. The molecule has 0 bridgehead atoms.